The average molecular weight is 609 g/mol. The molecule has 1 saturated heterocycles. The number of benzene rings is 1. The maximum absolute atomic E-state index is 12.6. The molecular weight excluding hydrogens is 564 g/mol. The Morgan fingerprint density at radius 3 is 2.81 bits per heavy atom. The number of nitrogens with one attached hydrogen (secondary N) is 2. The van der Waals surface area contributed by atoms with Gasteiger partial charge in [-0.3, -0.25) is 14.5 Å². The number of carbonyl (C=O) groups excluding carboxylic acids is 2. The summed E-state index contributed by atoms with van der Waals surface area (Å²) in [7, 11) is 0. The topological polar surface area (TPSA) is 137 Å². The number of likely N-dealkylation sites (tertiary alicyclic amines) is 1. The van der Waals surface area contributed by atoms with Gasteiger partial charge in [0.05, 0.1) is 12.5 Å². The first-order valence-electron chi connectivity index (χ1n) is 14.7. The normalized spacial score (nSPS) is 19.8. The molecule has 232 valence electrons. The fourth-order valence-corrected chi connectivity index (χ4v) is 5.68. The molecule has 9 nitrogen and oxygen atoms in total. The van der Waals surface area contributed by atoms with E-state index in [-0.39, 0.29) is 23.5 Å². The molecule has 0 aromatic heterocycles. The predicted octanol–water partition coefficient (Wildman–Crippen LogP) is 3.97. The number of nitrogens with zero attached hydrogens (tertiary/aromatic N) is 1. The van der Waals surface area contributed by atoms with Gasteiger partial charge < -0.3 is 26.0 Å². The second-order valence-corrected chi connectivity index (χ2v) is 11.6. The summed E-state index contributed by atoms with van der Waals surface area (Å²) in [4.78, 5) is 26.6. The number of amides is 1. The van der Waals surface area contributed by atoms with E-state index in [9.17, 15) is 19.8 Å². The van der Waals surface area contributed by atoms with Gasteiger partial charge >= 0.3 is 5.97 Å². The van der Waals surface area contributed by atoms with Crippen molar-refractivity contribution in [1.82, 2.24) is 9.62 Å². The lowest BCUT2D eigenvalue weighted by Gasteiger charge is -2.35. The van der Waals surface area contributed by atoms with E-state index in [0.717, 1.165) is 35.1 Å². The highest BCUT2D eigenvalue weighted by Gasteiger charge is 2.31. The molecule has 2 aliphatic rings. The maximum Gasteiger partial charge on any atom is 0.310 e. The van der Waals surface area contributed by atoms with Gasteiger partial charge in [0.1, 0.15) is 12.0 Å². The Kier molecular flexibility index (Phi) is 13.1. The van der Waals surface area contributed by atoms with Crippen LogP contribution in [0.15, 0.2) is 71.0 Å². The van der Waals surface area contributed by atoms with Gasteiger partial charge in [-0.15, -0.1) is 0 Å². The SMILES string of the molecule is CCOC(=O)C1CCCN([C@H](O)CSNC(C)(O)C(/C=C(/C#Cc2cccc(NC(=O)C3=C(C)C=CC3)c2)CC)=C/N)C1. The number of rotatable bonds is 12. The zero-order chi connectivity index (χ0) is 31.4. The van der Waals surface area contributed by atoms with E-state index in [2.05, 4.69) is 21.9 Å². The van der Waals surface area contributed by atoms with Gasteiger partial charge in [-0.2, -0.15) is 0 Å². The highest BCUT2D eigenvalue weighted by molar-refractivity contribution is 7.97. The molecule has 10 heteroatoms. The molecule has 1 aliphatic carbocycles. The monoisotopic (exact) mass is 608 g/mol. The van der Waals surface area contributed by atoms with E-state index in [4.69, 9.17) is 10.5 Å². The Morgan fingerprint density at radius 1 is 1.35 bits per heavy atom. The first kappa shape index (κ1) is 34.2. The minimum absolute atomic E-state index is 0.114. The van der Waals surface area contributed by atoms with Crippen LogP contribution in [-0.2, 0) is 14.3 Å². The van der Waals surface area contributed by atoms with Crippen molar-refractivity contribution in [3.05, 3.63) is 76.5 Å². The molecule has 0 bridgehead atoms. The molecule has 2 unspecified atom stereocenters. The number of anilines is 1. The zero-order valence-electron chi connectivity index (χ0n) is 25.5. The standard InChI is InChI=1S/C33H44N4O5S/c1-5-24(15-16-25-11-8-13-28(19-25)35-31(39)29-14-7-10-23(29)3)18-27(20-34)33(4,41)36-43-22-30(38)37-17-9-12-26(21-37)32(40)42-6-2/h7-8,10-11,13,18-20,26,30,36,38,41H,5-6,9,12,14,17,21-22,34H2,1-4H3,(H,35,39)/b24-18+,27-20+/t26?,30-,33?/m1/s1. The first-order chi connectivity index (χ1) is 20.6. The van der Waals surface area contributed by atoms with Crippen LogP contribution in [0.4, 0.5) is 5.69 Å². The Morgan fingerprint density at radius 2 is 2.14 bits per heavy atom. The summed E-state index contributed by atoms with van der Waals surface area (Å²) in [6.45, 7) is 8.73. The summed E-state index contributed by atoms with van der Waals surface area (Å²) in [5.74, 6) is 5.99. The lowest BCUT2D eigenvalue weighted by Crippen LogP contribution is -2.47. The summed E-state index contributed by atoms with van der Waals surface area (Å²) < 4.78 is 8.14. The van der Waals surface area contributed by atoms with Crippen molar-refractivity contribution in [2.75, 3.05) is 30.8 Å². The molecule has 1 aliphatic heterocycles. The van der Waals surface area contributed by atoms with Crippen molar-refractivity contribution in [3.8, 4) is 11.8 Å². The Labute approximate surface area is 259 Å². The van der Waals surface area contributed by atoms with E-state index in [1.165, 1.54) is 18.1 Å². The summed E-state index contributed by atoms with van der Waals surface area (Å²) in [5, 5.41) is 24.8. The van der Waals surface area contributed by atoms with Gasteiger partial charge in [0, 0.05) is 53.0 Å². The zero-order valence-corrected chi connectivity index (χ0v) is 26.3. The van der Waals surface area contributed by atoms with Crippen LogP contribution < -0.4 is 15.8 Å². The third kappa shape index (κ3) is 10.1. The van der Waals surface area contributed by atoms with Crippen molar-refractivity contribution in [1.29, 1.82) is 0 Å². The molecule has 1 amide bonds. The van der Waals surface area contributed by atoms with E-state index < -0.39 is 12.0 Å². The van der Waals surface area contributed by atoms with Crippen molar-refractivity contribution in [3.63, 3.8) is 0 Å². The number of aliphatic hydroxyl groups excluding tert-OH is 1. The lowest BCUT2D eigenvalue weighted by atomic mass is 9.98. The van der Waals surface area contributed by atoms with Crippen LogP contribution >= 0.6 is 11.9 Å². The third-order valence-corrected chi connectivity index (χ3v) is 8.38. The van der Waals surface area contributed by atoms with Crippen LogP contribution in [0.2, 0.25) is 0 Å². The molecule has 6 N–H and O–H groups in total. The largest absolute Gasteiger partial charge is 0.466 e. The number of allylic oxidation sites excluding steroid dienone is 4. The first-order valence-corrected chi connectivity index (χ1v) is 15.7. The summed E-state index contributed by atoms with van der Waals surface area (Å²) in [5.41, 5.74) is 8.73. The molecule has 3 atom stereocenters. The second kappa shape index (κ2) is 16.5. The molecule has 1 aromatic carbocycles. The lowest BCUT2D eigenvalue weighted by molar-refractivity contribution is -0.151. The maximum atomic E-state index is 12.6. The van der Waals surface area contributed by atoms with Gasteiger partial charge in [-0.1, -0.05) is 48.9 Å². The van der Waals surface area contributed by atoms with Gasteiger partial charge in [0.25, 0.3) is 5.91 Å². The van der Waals surface area contributed by atoms with Crippen molar-refractivity contribution in [2.24, 2.45) is 11.7 Å². The summed E-state index contributed by atoms with van der Waals surface area (Å²) >= 11 is 1.17. The van der Waals surface area contributed by atoms with Gasteiger partial charge in [-0.25, -0.2) is 4.72 Å². The Hall–Kier alpha value is -3.33. The Balaban J connectivity index is 1.59. The van der Waals surface area contributed by atoms with E-state index in [1.54, 1.807) is 19.9 Å². The predicted molar refractivity (Wildman–Crippen MR) is 172 cm³/mol. The number of ether oxygens (including phenoxy) is 1. The highest BCUT2D eigenvalue weighted by Crippen LogP contribution is 2.24. The minimum atomic E-state index is -1.50. The molecule has 1 aromatic rings. The van der Waals surface area contributed by atoms with E-state index >= 15 is 0 Å². The number of piperidine rings is 1. The average Bonchev–Trinajstić information content (AvgIpc) is 3.43. The van der Waals surface area contributed by atoms with E-state index in [1.807, 2.05) is 55.2 Å². The minimum Gasteiger partial charge on any atom is -0.466 e. The molecule has 0 radical (unpaired) electrons. The number of aliphatic hydroxyl groups is 2. The van der Waals surface area contributed by atoms with Gasteiger partial charge in [0.15, 0.2) is 0 Å². The number of esters is 1. The molecule has 43 heavy (non-hydrogen) atoms. The van der Waals surface area contributed by atoms with Crippen molar-refractivity contribution in [2.45, 2.75) is 65.3 Å². The second-order valence-electron chi connectivity index (χ2n) is 10.8. The molecular formula is C33H44N4O5S. The molecule has 3 rings (SSSR count). The highest BCUT2D eigenvalue weighted by atomic mass is 32.2. The van der Waals surface area contributed by atoms with Crippen LogP contribution in [0.3, 0.4) is 0 Å². The summed E-state index contributed by atoms with van der Waals surface area (Å²) in [6, 6.07) is 7.37. The van der Waals surface area contributed by atoms with Crippen molar-refractivity contribution < 1.29 is 24.5 Å². The van der Waals surface area contributed by atoms with Crippen LogP contribution in [0.25, 0.3) is 0 Å². The van der Waals surface area contributed by atoms with Crippen LogP contribution in [0.1, 0.15) is 58.9 Å². The van der Waals surface area contributed by atoms with Crippen LogP contribution in [0, 0.1) is 17.8 Å². The van der Waals surface area contributed by atoms with E-state index in [0.29, 0.717) is 43.8 Å². The fraction of sp³-hybridized carbons (Fsp3) is 0.455. The van der Waals surface area contributed by atoms with Gasteiger partial charge in [0.2, 0.25) is 0 Å². The van der Waals surface area contributed by atoms with Gasteiger partial charge in [-0.05, 0) is 76.3 Å². The number of carbonyl (C=O) groups is 2. The third-order valence-electron chi connectivity index (χ3n) is 7.38. The number of hydrogen-bond acceptors (Lipinski definition) is 9. The fourth-order valence-electron chi connectivity index (χ4n) is 4.84. The number of hydrogen-bond donors (Lipinski definition) is 5. The van der Waals surface area contributed by atoms with Crippen LogP contribution in [-0.4, -0.2) is 64.4 Å². The molecule has 1 fully saturated rings. The molecule has 0 spiro atoms. The van der Waals surface area contributed by atoms with Crippen LogP contribution in [0.5, 0.6) is 0 Å². The molecule has 0 saturated carbocycles. The molecule has 1 heterocycles. The number of nitrogens with two attached hydrogens (primary N) is 1. The smallest absolute Gasteiger partial charge is 0.310 e. The van der Waals surface area contributed by atoms with Crippen molar-refractivity contribution >= 4 is 29.5 Å². The summed E-state index contributed by atoms with van der Waals surface area (Å²) in [6.07, 6.45) is 9.01. The quantitative estimate of drug-likeness (QED) is 0.0785. The Bertz CT molecular complexity index is 1340.